The smallest absolute Gasteiger partial charge is 0.0183 e. The predicted molar refractivity (Wildman–Crippen MR) is 65.1 cm³/mol. The SMILES string of the molecule is CCC(C)CN1CCN(C2(C)CC2)CC1. The average molecular weight is 210 g/mol. The Labute approximate surface area is 94.6 Å². The van der Waals surface area contributed by atoms with Gasteiger partial charge in [0.15, 0.2) is 0 Å². The maximum absolute atomic E-state index is 2.71. The molecule has 1 saturated carbocycles. The molecule has 0 N–H and O–H groups in total. The maximum atomic E-state index is 2.71. The van der Waals surface area contributed by atoms with Gasteiger partial charge in [0.2, 0.25) is 0 Å². The number of nitrogens with zero attached hydrogens (tertiary/aromatic N) is 2. The summed E-state index contributed by atoms with van der Waals surface area (Å²) in [7, 11) is 0. The molecule has 0 spiro atoms. The van der Waals surface area contributed by atoms with Gasteiger partial charge < -0.3 is 4.90 Å². The summed E-state index contributed by atoms with van der Waals surface area (Å²) in [5.41, 5.74) is 0.600. The van der Waals surface area contributed by atoms with E-state index in [9.17, 15) is 0 Å². The number of hydrogen-bond acceptors (Lipinski definition) is 2. The Bertz CT molecular complexity index is 203. The molecule has 0 bridgehead atoms. The summed E-state index contributed by atoms with van der Waals surface area (Å²) in [5.74, 6) is 0.869. The Balaban J connectivity index is 1.72. The summed E-state index contributed by atoms with van der Waals surface area (Å²) in [6, 6.07) is 0. The fourth-order valence-electron chi connectivity index (χ4n) is 2.54. The molecule has 2 aliphatic rings. The Hall–Kier alpha value is -0.0800. The highest BCUT2D eigenvalue weighted by atomic mass is 15.3. The van der Waals surface area contributed by atoms with Crippen LogP contribution in [0.5, 0.6) is 0 Å². The van der Waals surface area contributed by atoms with E-state index in [-0.39, 0.29) is 0 Å². The van der Waals surface area contributed by atoms with Crippen LogP contribution in [0.2, 0.25) is 0 Å². The monoisotopic (exact) mass is 210 g/mol. The maximum Gasteiger partial charge on any atom is 0.0183 e. The molecule has 2 nitrogen and oxygen atoms in total. The van der Waals surface area contributed by atoms with Gasteiger partial charge in [0, 0.05) is 38.3 Å². The minimum Gasteiger partial charge on any atom is -0.301 e. The molecule has 0 radical (unpaired) electrons. The second-order valence-corrected chi connectivity index (χ2v) is 5.80. The molecule has 1 atom stereocenters. The highest BCUT2D eigenvalue weighted by Gasteiger charge is 2.43. The van der Waals surface area contributed by atoms with Gasteiger partial charge in [-0.2, -0.15) is 0 Å². The molecular weight excluding hydrogens is 184 g/mol. The lowest BCUT2D eigenvalue weighted by molar-refractivity contribution is 0.0835. The van der Waals surface area contributed by atoms with E-state index in [4.69, 9.17) is 0 Å². The van der Waals surface area contributed by atoms with Gasteiger partial charge in [-0.3, -0.25) is 4.90 Å². The third-order valence-corrected chi connectivity index (χ3v) is 4.38. The molecule has 88 valence electrons. The van der Waals surface area contributed by atoms with Crippen molar-refractivity contribution in [1.29, 1.82) is 0 Å². The lowest BCUT2D eigenvalue weighted by Crippen LogP contribution is -2.51. The van der Waals surface area contributed by atoms with Crippen molar-refractivity contribution in [2.45, 2.75) is 45.6 Å². The Morgan fingerprint density at radius 3 is 2.20 bits per heavy atom. The zero-order valence-electron chi connectivity index (χ0n) is 10.6. The Morgan fingerprint density at radius 1 is 1.13 bits per heavy atom. The van der Waals surface area contributed by atoms with Gasteiger partial charge in [-0.25, -0.2) is 0 Å². The Morgan fingerprint density at radius 2 is 1.73 bits per heavy atom. The molecule has 1 heterocycles. The van der Waals surface area contributed by atoms with Crippen molar-refractivity contribution in [3.05, 3.63) is 0 Å². The summed E-state index contributed by atoms with van der Waals surface area (Å²) < 4.78 is 0. The second-order valence-electron chi connectivity index (χ2n) is 5.80. The summed E-state index contributed by atoms with van der Waals surface area (Å²) in [5, 5.41) is 0. The largest absolute Gasteiger partial charge is 0.301 e. The van der Waals surface area contributed by atoms with E-state index in [2.05, 4.69) is 30.6 Å². The van der Waals surface area contributed by atoms with Gasteiger partial charge in [0.25, 0.3) is 0 Å². The van der Waals surface area contributed by atoms with E-state index in [1.165, 1.54) is 52.0 Å². The lowest BCUT2D eigenvalue weighted by atomic mass is 10.1. The topological polar surface area (TPSA) is 6.48 Å². The molecule has 0 amide bonds. The molecule has 1 aliphatic carbocycles. The van der Waals surface area contributed by atoms with Crippen molar-refractivity contribution >= 4 is 0 Å². The van der Waals surface area contributed by atoms with Gasteiger partial charge in [0.05, 0.1) is 0 Å². The highest BCUT2D eigenvalue weighted by Crippen LogP contribution is 2.41. The first-order chi connectivity index (χ1) is 7.14. The summed E-state index contributed by atoms with van der Waals surface area (Å²) in [6.45, 7) is 13.6. The van der Waals surface area contributed by atoms with Crippen LogP contribution >= 0.6 is 0 Å². The van der Waals surface area contributed by atoms with Gasteiger partial charge in [-0.05, 0) is 25.7 Å². The minimum absolute atomic E-state index is 0.600. The highest BCUT2D eigenvalue weighted by molar-refractivity contribution is 5.00. The summed E-state index contributed by atoms with van der Waals surface area (Å²) in [4.78, 5) is 5.36. The first-order valence-electron chi connectivity index (χ1n) is 6.61. The van der Waals surface area contributed by atoms with E-state index in [0.717, 1.165) is 5.92 Å². The first kappa shape index (κ1) is 11.4. The fraction of sp³-hybridized carbons (Fsp3) is 1.00. The van der Waals surface area contributed by atoms with Crippen molar-refractivity contribution in [2.24, 2.45) is 5.92 Å². The summed E-state index contributed by atoms with van der Waals surface area (Å²) in [6.07, 6.45) is 4.18. The van der Waals surface area contributed by atoms with Gasteiger partial charge in [0.1, 0.15) is 0 Å². The van der Waals surface area contributed by atoms with E-state index in [1.54, 1.807) is 0 Å². The van der Waals surface area contributed by atoms with E-state index >= 15 is 0 Å². The molecule has 0 aromatic rings. The molecule has 1 unspecified atom stereocenters. The molecule has 2 fully saturated rings. The summed E-state index contributed by atoms with van der Waals surface area (Å²) >= 11 is 0. The average Bonchev–Trinajstić information content (AvgIpc) is 2.98. The number of rotatable bonds is 4. The molecule has 0 aromatic carbocycles. The van der Waals surface area contributed by atoms with E-state index in [0.29, 0.717) is 5.54 Å². The minimum atomic E-state index is 0.600. The van der Waals surface area contributed by atoms with Crippen LogP contribution in [0, 0.1) is 5.92 Å². The van der Waals surface area contributed by atoms with Crippen LogP contribution in [0.25, 0.3) is 0 Å². The lowest BCUT2D eigenvalue weighted by Gasteiger charge is -2.39. The van der Waals surface area contributed by atoms with Crippen molar-refractivity contribution < 1.29 is 0 Å². The van der Waals surface area contributed by atoms with Crippen LogP contribution in [-0.2, 0) is 0 Å². The third-order valence-electron chi connectivity index (χ3n) is 4.38. The predicted octanol–water partition coefficient (Wildman–Crippen LogP) is 2.20. The van der Waals surface area contributed by atoms with Crippen molar-refractivity contribution in [2.75, 3.05) is 32.7 Å². The van der Waals surface area contributed by atoms with Gasteiger partial charge in [-0.1, -0.05) is 20.3 Å². The van der Waals surface area contributed by atoms with Crippen molar-refractivity contribution in [1.82, 2.24) is 9.80 Å². The van der Waals surface area contributed by atoms with Crippen LogP contribution in [0.3, 0.4) is 0 Å². The Kier molecular flexibility index (Phi) is 3.36. The second kappa shape index (κ2) is 4.42. The van der Waals surface area contributed by atoms with Crippen molar-refractivity contribution in [3.8, 4) is 0 Å². The molecule has 2 rings (SSSR count). The molecule has 0 aromatic heterocycles. The van der Waals surface area contributed by atoms with Gasteiger partial charge >= 0.3 is 0 Å². The van der Waals surface area contributed by atoms with Crippen LogP contribution in [0.15, 0.2) is 0 Å². The standard InChI is InChI=1S/C13H26N2/c1-4-12(2)11-14-7-9-15(10-8-14)13(3)5-6-13/h12H,4-11H2,1-3H3. The normalized spacial score (nSPS) is 29.0. The molecule has 1 aliphatic heterocycles. The zero-order chi connectivity index (χ0) is 10.9. The number of hydrogen-bond donors (Lipinski definition) is 0. The fourth-order valence-corrected chi connectivity index (χ4v) is 2.54. The molecule has 2 heteroatoms. The van der Waals surface area contributed by atoms with E-state index < -0.39 is 0 Å². The molecular formula is C13H26N2. The van der Waals surface area contributed by atoms with Crippen LogP contribution in [0.1, 0.15) is 40.0 Å². The molecule has 15 heavy (non-hydrogen) atoms. The number of piperazine rings is 1. The quantitative estimate of drug-likeness (QED) is 0.702. The van der Waals surface area contributed by atoms with E-state index in [1.807, 2.05) is 0 Å². The van der Waals surface area contributed by atoms with Crippen LogP contribution in [0.4, 0.5) is 0 Å². The third kappa shape index (κ3) is 2.73. The van der Waals surface area contributed by atoms with Gasteiger partial charge in [-0.15, -0.1) is 0 Å². The van der Waals surface area contributed by atoms with Crippen molar-refractivity contribution in [3.63, 3.8) is 0 Å². The van der Waals surface area contributed by atoms with Crippen LogP contribution < -0.4 is 0 Å². The zero-order valence-corrected chi connectivity index (χ0v) is 10.6. The first-order valence-corrected chi connectivity index (χ1v) is 6.61. The van der Waals surface area contributed by atoms with Crippen LogP contribution in [-0.4, -0.2) is 48.1 Å². The molecule has 1 saturated heterocycles.